The zero-order valence-electron chi connectivity index (χ0n) is 11.8. The Balaban J connectivity index is 2.12. The lowest BCUT2D eigenvalue weighted by Gasteiger charge is -2.11. The van der Waals surface area contributed by atoms with Crippen LogP contribution in [0.4, 0.5) is 11.6 Å². The van der Waals surface area contributed by atoms with Crippen molar-refractivity contribution in [2.75, 3.05) is 19.0 Å². The van der Waals surface area contributed by atoms with Gasteiger partial charge in [0, 0.05) is 31.7 Å². The molecule has 1 N–H and O–H groups in total. The number of ether oxygens (including phenoxy) is 1. The molecule has 2 aromatic rings. The van der Waals surface area contributed by atoms with Crippen molar-refractivity contribution in [3.8, 4) is 0 Å². The maximum absolute atomic E-state index is 5.09. The minimum Gasteiger partial charge on any atom is -0.383 e. The van der Waals surface area contributed by atoms with E-state index in [2.05, 4.69) is 48.4 Å². The molecule has 1 heterocycles. The summed E-state index contributed by atoms with van der Waals surface area (Å²) in [6.07, 6.45) is 3.75. The van der Waals surface area contributed by atoms with Gasteiger partial charge in [0.05, 0.1) is 6.61 Å². The first kappa shape index (κ1) is 13.6. The Morgan fingerprint density at radius 2 is 2.21 bits per heavy atom. The van der Waals surface area contributed by atoms with Gasteiger partial charge in [-0.25, -0.2) is 4.98 Å². The van der Waals surface area contributed by atoms with Crippen molar-refractivity contribution < 1.29 is 4.74 Å². The van der Waals surface area contributed by atoms with E-state index in [0.29, 0.717) is 12.5 Å². The molecule has 1 aromatic heterocycles. The Hall–Kier alpha value is -1.81. The van der Waals surface area contributed by atoms with Crippen molar-refractivity contribution in [3.63, 3.8) is 0 Å². The van der Waals surface area contributed by atoms with E-state index in [9.17, 15) is 0 Å². The second-order valence-electron chi connectivity index (χ2n) is 4.84. The topological polar surface area (TPSA) is 39.1 Å². The fourth-order valence-corrected chi connectivity index (χ4v) is 1.91. The number of rotatable bonds is 6. The van der Waals surface area contributed by atoms with Crippen LogP contribution < -0.4 is 5.32 Å². The van der Waals surface area contributed by atoms with Crippen molar-refractivity contribution in [3.05, 3.63) is 42.2 Å². The number of benzene rings is 1. The summed E-state index contributed by atoms with van der Waals surface area (Å²) < 4.78 is 7.14. The minimum atomic E-state index is 0.523. The maximum atomic E-state index is 5.09. The van der Waals surface area contributed by atoms with Gasteiger partial charge in [-0.1, -0.05) is 26.0 Å². The second-order valence-corrected chi connectivity index (χ2v) is 4.84. The lowest BCUT2D eigenvalue weighted by molar-refractivity contribution is 0.188. The highest BCUT2D eigenvalue weighted by Gasteiger charge is 2.04. The van der Waals surface area contributed by atoms with Crippen LogP contribution in [0, 0.1) is 0 Å². The summed E-state index contributed by atoms with van der Waals surface area (Å²) in [5, 5.41) is 3.35. The summed E-state index contributed by atoms with van der Waals surface area (Å²) in [5.74, 6) is 1.37. The molecule has 0 amide bonds. The molecule has 4 nitrogen and oxygen atoms in total. The molecule has 0 bridgehead atoms. The molecule has 4 heteroatoms. The highest BCUT2D eigenvalue weighted by atomic mass is 16.5. The lowest BCUT2D eigenvalue weighted by atomic mass is 10.0. The molecule has 1 aromatic carbocycles. The molecular formula is C15H21N3O. The molecule has 2 rings (SSSR count). The van der Waals surface area contributed by atoms with Gasteiger partial charge in [0.1, 0.15) is 0 Å². The zero-order chi connectivity index (χ0) is 13.7. The number of imidazole rings is 1. The Kier molecular flexibility index (Phi) is 4.58. The molecule has 0 spiro atoms. The van der Waals surface area contributed by atoms with Crippen LogP contribution in [0.25, 0.3) is 0 Å². The molecule has 0 aliphatic rings. The number of aromatic nitrogens is 2. The van der Waals surface area contributed by atoms with Crippen LogP contribution in [0.3, 0.4) is 0 Å². The summed E-state index contributed by atoms with van der Waals surface area (Å²) in [6, 6.07) is 8.44. The number of hydrogen-bond donors (Lipinski definition) is 1. The monoisotopic (exact) mass is 259 g/mol. The van der Waals surface area contributed by atoms with E-state index in [4.69, 9.17) is 4.74 Å². The number of nitrogens with zero attached hydrogens (tertiary/aromatic N) is 2. The molecule has 0 atom stereocenters. The van der Waals surface area contributed by atoms with Crippen LogP contribution in [0.2, 0.25) is 0 Å². The van der Waals surface area contributed by atoms with Crippen molar-refractivity contribution in [2.24, 2.45) is 0 Å². The Bertz CT molecular complexity index is 520. The van der Waals surface area contributed by atoms with Gasteiger partial charge in [0.15, 0.2) is 0 Å². The van der Waals surface area contributed by atoms with Crippen LogP contribution in [0.5, 0.6) is 0 Å². The number of hydrogen-bond acceptors (Lipinski definition) is 3. The van der Waals surface area contributed by atoms with Gasteiger partial charge in [-0.05, 0) is 23.6 Å². The van der Waals surface area contributed by atoms with E-state index in [1.807, 2.05) is 10.8 Å². The van der Waals surface area contributed by atoms with Crippen molar-refractivity contribution in [1.29, 1.82) is 0 Å². The standard InChI is InChI=1S/C15H21N3O/c1-12(2)13-5-4-6-14(11-13)17-15-16-7-8-18(15)9-10-19-3/h4-8,11-12H,9-10H2,1-3H3,(H,16,17). The molecule has 0 saturated carbocycles. The van der Waals surface area contributed by atoms with E-state index in [1.165, 1.54) is 5.56 Å². The molecular weight excluding hydrogens is 238 g/mol. The fraction of sp³-hybridized carbons (Fsp3) is 0.400. The van der Waals surface area contributed by atoms with E-state index in [-0.39, 0.29) is 0 Å². The van der Waals surface area contributed by atoms with E-state index in [1.54, 1.807) is 13.3 Å². The molecule has 0 radical (unpaired) electrons. The van der Waals surface area contributed by atoms with Crippen molar-refractivity contribution in [2.45, 2.75) is 26.3 Å². The quantitative estimate of drug-likeness (QED) is 0.864. The van der Waals surface area contributed by atoms with Gasteiger partial charge >= 0.3 is 0 Å². The normalized spacial score (nSPS) is 10.9. The first-order valence-electron chi connectivity index (χ1n) is 6.57. The molecule has 0 aliphatic heterocycles. The summed E-state index contributed by atoms with van der Waals surface area (Å²) in [4.78, 5) is 4.34. The number of anilines is 2. The molecule has 19 heavy (non-hydrogen) atoms. The molecule has 0 saturated heterocycles. The molecule has 0 fully saturated rings. The zero-order valence-corrected chi connectivity index (χ0v) is 11.8. The van der Waals surface area contributed by atoms with Gasteiger partial charge in [-0.15, -0.1) is 0 Å². The number of methoxy groups -OCH3 is 1. The van der Waals surface area contributed by atoms with Gasteiger partial charge in [0.25, 0.3) is 0 Å². The average Bonchev–Trinajstić information content (AvgIpc) is 2.84. The molecule has 102 valence electrons. The van der Waals surface area contributed by atoms with Gasteiger partial charge in [0.2, 0.25) is 5.95 Å². The Morgan fingerprint density at radius 1 is 1.37 bits per heavy atom. The third kappa shape index (κ3) is 3.58. The van der Waals surface area contributed by atoms with E-state index >= 15 is 0 Å². The summed E-state index contributed by atoms with van der Waals surface area (Å²) >= 11 is 0. The van der Waals surface area contributed by atoms with Crippen molar-refractivity contribution in [1.82, 2.24) is 9.55 Å². The number of nitrogens with one attached hydrogen (secondary N) is 1. The van der Waals surface area contributed by atoms with E-state index in [0.717, 1.165) is 18.2 Å². The predicted octanol–water partition coefficient (Wildman–Crippen LogP) is 3.40. The largest absolute Gasteiger partial charge is 0.383 e. The van der Waals surface area contributed by atoms with Crippen LogP contribution in [0.15, 0.2) is 36.7 Å². The summed E-state index contributed by atoms with van der Waals surface area (Å²) in [6.45, 7) is 5.86. The second kappa shape index (κ2) is 6.38. The molecule has 0 unspecified atom stereocenters. The third-order valence-electron chi connectivity index (χ3n) is 3.06. The smallest absolute Gasteiger partial charge is 0.207 e. The van der Waals surface area contributed by atoms with E-state index < -0.39 is 0 Å². The lowest BCUT2D eigenvalue weighted by Crippen LogP contribution is -2.07. The summed E-state index contributed by atoms with van der Waals surface area (Å²) in [5.41, 5.74) is 2.39. The third-order valence-corrected chi connectivity index (χ3v) is 3.06. The van der Waals surface area contributed by atoms with Crippen LogP contribution >= 0.6 is 0 Å². The van der Waals surface area contributed by atoms with Crippen LogP contribution in [-0.2, 0) is 11.3 Å². The average molecular weight is 259 g/mol. The Labute approximate surface area is 114 Å². The highest BCUT2D eigenvalue weighted by Crippen LogP contribution is 2.21. The molecule has 0 aliphatic carbocycles. The fourth-order valence-electron chi connectivity index (χ4n) is 1.91. The predicted molar refractivity (Wildman–Crippen MR) is 77.9 cm³/mol. The van der Waals surface area contributed by atoms with Gasteiger partial charge < -0.3 is 14.6 Å². The van der Waals surface area contributed by atoms with Crippen LogP contribution in [0.1, 0.15) is 25.3 Å². The van der Waals surface area contributed by atoms with Gasteiger partial charge in [-0.2, -0.15) is 0 Å². The highest BCUT2D eigenvalue weighted by molar-refractivity contribution is 5.55. The maximum Gasteiger partial charge on any atom is 0.207 e. The first-order chi connectivity index (χ1) is 9.20. The SMILES string of the molecule is COCCn1ccnc1Nc1cccc(C(C)C)c1. The Morgan fingerprint density at radius 3 is 2.95 bits per heavy atom. The summed E-state index contributed by atoms with van der Waals surface area (Å²) in [7, 11) is 1.70. The van der Waals surface area contributed by atoms with Crippen molar-refractivity contribution >= 4 is 11.6 Å². The minimum absolute atomic E-state index is 0.523. The van der Waals surface area contributed by atoms with Crippen LogP contribution in [-0.4, -0.2) is 23.3 Å². The first-order valence-corrected chi connectivity index (χ1v) is 6.57. The van der Waals surface area contributed by atoms with Gasteiger partial charge in [-0.3, -0.25) is 0 Å².